The van der Waals surface area contributed by atoms with Gasteiger partial charge in [0.15, 0.2) is 0 Å². The van der Waals surface area contributed by atoms with Crippen molar-refractivity contribution in [3.05, 3.63) is 36.4 Å². The number of carboxylic acids is 1. The third-order valence-electron chi connectivity index (χ3n) is 3.36. The summed E-state index contributed by atoms with van der Waals surface area (Å²) < 4.78 is 31.3. The lowest BCUT2D eigenvalue weighted by molar-refractivity contribution is -0.141. The van der Waals surface area contributed by atoms with Crippen molar-refractivity contribution in [3.8, 4) is 5.75 Å². The molecule has 2 rings (SSSR count). The predicted molar refractivity (Wildman–Crippen MR) is 76.7 cm³/mol. The fourth-order valence-corrected chi connectivity index (χ4v) is 3.78. The van der Waals surface area contributed by atoms with Crippen molar-refractivity contribution < 1.29 is 23.1 Å². The van der Waals surface area contributed by atoms with Crippen LogP contribution < -0.4 is 4.74 Å². The van der Waals surface area contributed by atoms with Gasteiger partial charge in [0.25, 0.3) is 0 Å². The van der Waals surface area contributed by atoms with E-state index in [1.807, 2.05) is 0 Å². The smallest absolute Gasteiger partial charge is 0.322 e. The Balaban J connectivity index is 2.38. The summed E-state index contributed by atoms with van der Waals surface area (Å²) in [5.41, 5.74) is 0. The minimum atomic E-state index is -3.86. The van der Waals surface area contributed by atoms with E-state index in [0.717, 1.165) is 4.31 Å². The van der Waals surface area contributed by atoms with E-state index in [0.29, 0.717) is 12.2 Å². The minimum Gasteiger partial charge on any atom is -0.497 e. The molecule has 1 unspecified atom stereocenters. The van der Waals surface area contributed by atoms with Crippen molar-refractivity contribution in [2.45, 2.75) is 23.8 Å². The van der Waals surface area contributed by atoms with Gasteiger partial charge in [-0.2, -0.15) is 4.31 Å². The first-order valence-corrected chi connectivity index (χ1v) is 7.94. The van der Waals surface area contributed by atoms with Crippen LogP contribution in [0.15, 0.2) is 41.3 Å². The molecule has 1 heterocycles. The molecule has 7 heteroatoms. The Morgan fingerprint density at radius 3 is 2.52 bits per heavy atom. The average Bonchev–Trinajstić information content (AvgIpc) is 2.73. The van der Waals surface area contributed by atoms with Crippen LogP contribution in [0.5, 0.6) is 5.75 Å². The van der Waals surface area contributed by atoms with E-state index < -0.39 is 22.0 Å². The van der Waals surface area contributed by atoms with Gasteiger partial charge in [-0.05, 0) is 37.1 Å². The van der Waals surface area contributed by atoms with Crippen molar-refractivity contribution in [3.63, 3.8) is 0 Å². The first kappa shape index (κ1) is 15.5. The van der Waals surface area contributed by atoms with Crippen molar-refractivity contribution in [1.29, 1.82) is 0 Å². The summed E-state index contributed by atoms with van der Waals surface area (Å²) in [5, 5.41) is 9.27. The van der Waals surface area contributed by atoms with E-state index in [9.17, 15) is 18.3 Å². The highest BCUT2D eigenvalue weighted by Crippen LogP contribution is 2.24. The summed E-state index contributed by atoms with van der Waals surface area (Å²) in [4.78, 5) is 11.4. The van der Waals surface area contributed by atoms with Gasteiger partial charge in [0, 0.05) is 6.54 Å². The van der Waals surface area contributed by atoms with Gasteiger partial charge < -0.3 is 9.84 Å². The van der Waals surface area contributed by atoms with Gasteiger partial charge in [0.05, 0.1) is 12.0 Å². The van der Waals surface area contributed by atoms with Gasteiger partial charge >= 0.3 is 5.97 Å². The van der Waals surface area contributed by atoms with E-state index in [1.54, 1.807) is 12.2 Å². The molecule has 21 heavy (non-hydrogen) atoms. The van der Waals surface area contributed by atoms with Gasteiger partial charge in [-0.3, -0.25) is 4.79 Å². The number of rotatable bonds is 4. The highest BCUT2D eigenvalue weighted by Gasteiger charge is 2.35. The van der Waals surface area contributed by atoms with Crippen molar-refractivity contribution in [2.75, 3.05) is 13.7 Å². The largest absolute Gasteiger partial charge is 0.497 e. The lowest BCUT2D eigenvalue weighted by Gasteiger charge is -2.25. The Bertz CT molecular complexity index is 636. The number of carboxylic acid groups (broad SMARTS) is 1. The minimum absolute atomic E-state index is 0.0600. The summed E-state index contributed by atoms with van der Waals surface area (Å²) in [7, 11) is -2.37. The second kappa shape index (κ2) is 6.28. The van der Waals surface area contributed by atoms with Crippen LogP contribution in [0.25, 0.3) is 0 Å². The van der Waals surface area contributed by atoms with Crippen LogP contribution in [0.3, 0.4) is 0 Å². The number of hydrogen-bond donors (Lipinski definition) is 1. The molecule has 0 radical (unpaired) electrons. The zero-order valence-corrected chi connectivity index (χ0v) is 12.4. The average molecular weight is 311 g/mol. The van der Waals surface area contributed by atoms with E-state index in [1.165, 1.54) is 31.4 Å². The topological polar surface area (TPSA) is 83.9 Å². The lowest BCUT2D eigenvalue weighted by atomic mass is 10.2. The molecule has 0 saturated heterocycles. The molecule has 0 spiro atoms. The Hall–Kier alpha value is -1.86. The van der Waals surface area contributed by atoms with Gasteiger partial charge in [0.1, 0.15) is 11.8 Å². The zero-order chi connectivity index (χ0) is 15.5. The van der Waals surface area contributed by atoms with Crippen LogP contribution in [-0.2, 0) is 14.8 Å². The molecule has 0 aromatic heterocycles. The number of ether oxygens (including phenoxy) is 1. The third-order valence-corrected chi connectivity index (χ3v) is 5.25. The summed E-state index contributed by atoms with van der Waals surface area (Å²) in [6.07, 6.45) is 4.30. The van der Waals surface area contributed by atoms with E-state index >= 15 is 0 Å². The Labute approximate surface area is 123 Å². The number of nitrogens with zero attached hydrogens (tertiary/aromatic N) is 1. The second-order valence-corrected chi connectivity index (χ2v) is 6.54. The summed E-state index contributed by atoms with van der Waals surface area (Å²) in [6.45, 7) is 0.0608. The molecule has 1 aliphatic rings. The number of hydrogen-bond acceptors (Lipinski definition) is 4. The zero-order valence-electron chi connectivity index (χ0n) is 11.6. The fourth-order valence-electron chi connectivity index (χ4n) is 2.22. The van der Waals surface area contributed by atoms with Crippen LogP contribution in [0.1, 0.15) is 12.8 Å². The SMILES string of the molecule is COc1ccc(S(=O)(=O)N2CC=CCCC2C(=O)O)cc1. The van der Waals surface area contributed by atoms with Crippen molar-refractivity contribution in [2.24, 2.45) is 0 Å². The lowest BCUT2D eigenvalue weighted by Crippen LogP contribution is -2.44. The molecule has 6 nitrogen and oxygen atoms in total. The first-order valence-electron chi connectivity index (χ1n) is 6.50. The molecule has 0 bridgehead atoms. The maximum absolute atomic E-state index is 12.6. The molecule has 1 aromatic rings. The predicted octanol–water partition coefficient (Wildman–Crippen LogP) is 1.49. The number of methoxy groups -OCH3 is 1. The molecule has 1 N–H and O–H groups in total. The van der Waals surface area contributed by atoms with Gasteiger partial charge in [0.2, 0.25) is 10.0 Å². The maximum atomic E-state index is 12.6. The van der Waals surface area contributed by atoms with Crippen LogP contribution in [0.2, 0.25) is 0 Å². The highest BCUT2D eigenvalue weighted by atomic mass is 32.2. The van der Waals surface area contributed by atoms with E-state index in [-0.39, 0.29) is 17.9 Å². The Morgan fingerprint density at radius 1 is 1.29 bits per heavy atom. The highest BCUT2D eigenvalue weighted by molar-refractivity contribution is 7.89. The first-order chi connectivity index (χ1) is 9.96. The molecule has 0 saturated carbocycles. The number of aliphatic carboxylic acids is 1. The molecule has 114 valence electrons. The van der Waals surface area contributed by atoms with Crippen LogP contribution in [-0.4, -0.2) is 43.5 Å². The number of sulfonamides is 1. The molecular formula is C14H17NO5S. The normalized spacial score (nSPS) is 20.0. The molecule has 1 aliphatic heterocycles. The number of carbonyl (C=O) groups is 1. The fraction of sp³-hybridized carbons (Fsp3) is 0.357. The van der Waals surface area contributed by atoms with Gasteiger partial charge in [-0.15, -0.1) is 0 Å². The molecular weight excluding hydrogens is 294 g/mol. The van der Waals surface area contributed by atoms with E-state index in [2.05, 4.69) is 0 Å². The summed E-state index contributed by atoms with van der Waals surface area (Å²) >= 11 is 0. The number of allylic oxidation sites excluding steroid dienone is 1. The van der Waals surface area contributed by atoms with Gasteiger partial charge in [-0.1, -0.05) is 12.2 Å². The summed E-state index contributed by atoms with van der Waals surface area (Å²) in [6, 6.07) is 4.86. The maximum Gasteiger partial charge on any atom is 0.322 e. The molecule has 0 aliphatic carbocycles. The molecule has 1 aromatic carbocycles. The standard InChI is InChI=1S/C14H17NO5S/c1-20-11-6-8-12(9-7-11)21(18,19)15-10-4-2-3-5-13(15)14(16)17/h2,4,6-9,13H,3,5,10H2,1H3,(H,16,17). The summed E-state index contributed by atoms with van der Waals surface area (Å²) in [5.74, 6) is -0.588. The van der Waals surface area contributed by atoms with Crippen molar-refractivity contribution >= 4 is 16.0 Å². The molecule has 0 amide bonds. The number of benzene rings is 1. The third kappa shape index (κ3) is 3.25. The van der Waals surface area contributed by atoms with Crippen molar-refractivity contribution in [1.82, 2.24) is 4.31 Å². The molecule has 1 atom stereocenters. The Kier molecular flexibility index (Phi) is 4.64. The monoisotopic (exact) mass is 311 g/mol. The van der Waals surface area contributed by atoms with E-state index in [4.69, 9.17) is 4.74 Å². The molecule has 0 fully saturated rings. The van der Waals surface area contributed by atoms with Crippen LogP contribution in [0, 0.1) is 0 Å². The van der Waals surface area contributed by atoms with Crippen LogP contribution in [0.4, 0.5) is 0 Å². The van der Waals surface area contributed by atoms with Gasteiger partial charge in [-0.25, -0.2) is 8.42 Å². The quantitative estimate of drug-likeness (QED) is 0.852. The van der Waals surface area contributed by atoms with Crippen LogP contribution >= 0.6 is 0 Å². The Morgan fingerprint density at radius 2 is 1.95 bits per heavy atom. The second-order valence-electron chi connectivity index (χ2n) is 4.65.